The molecule has 3 rings (SSSR count). The number of hydrogen-bond donors (Lipinski definition) is 0. The van der Waals surface area contributed by atoms with Crippen LogP contribution in [0, 0.1) is 6.92 Å². The third kappa shape index (κ3) is 3.41. The molecule has 5 heteroatoms. The van der Waals surface area contributed by atoms with Gasteiger partial charge in [-0.2, -0.15) is 0 Å². The molecule has 3 aromatic rings. The minimum atomic E-state index is -0.240. The molecule has 1 aromatic heterocycles. The van der Waals surface area contributed by atoms with Crippen LogP contribution in [0.25, 0.3) is 10.9 Å². The van der Waals surface area contributed by atoms with E-state index in [2.05, 4.69) is 9.97 Å². The largest absolute Gasteiger partial charge is 0.497 e. The Bertz CT molecular complexity index is 878. The molecule has 4 nitrogen and oxygen atoms in total. The lowest BCUT2D eigenvalue weighted by molar-refractivity contribution is 0.0994. The number of nitrogens with zero attached hydrogens (tertiary/aromatic N) is 2. The van der Waals surface area contributed by atoms with Crippen LogP contribution in [-0.4, -0.2) is 28.1 Å². The monoisotopic (exact) mass is 338 g/mol. The second kappa shape index (κ2) is 7.01. The van der Waals surface area contributed by atoms with Gasteiger partial charge in [-0.15, -0.1) is 0 Å². The van der Waals surface area contributed by atoms with Gasteiger partial charge in [-0.1, -0.05) is 30.0 Å². The highest BCUT2D eigenvalue weighted by Crippen LogP contribution is 2.30. The number of Topliss-reactive ketones (excluding diaryl/α,β-unsaturated/α-hetero) is 1. The molecule has 24 heavy (non-hydrogen) atoms. The molecule has 0 fully saturated rings. The van der Waals surface area contributed by atoms with E-state index in [0.717, 1.165) is 21.7 Å². The SMILES string of the molecule is COc1ccc(C(=O)[C@@H](C)Sc2nc(C)nc3ccccc23)cc1. The first-order chi connectivity index (χ1) is 11.6. The van der Waals surface area contributed by atoms with E-state index in [1.807, 2.05) is 38.1 Å². The van der Waals surface area contributed by atoms with Crippen molar-refractivity contribution >= 4 is 28.4 Å². The highest BCUT2D eigenvalue weighted by molar-refractivity contribution is 8.00. The highest BCUT2D eigenvalue weighted by atomic mass is 32.2. The van der Waals surface area contributed by atoms with Crippen molar-refractivity contribution < 1.29 is 9.53 Å². The van der Waals surface area contributed by atoms with E-state index in [0.29, 0.717) is 11.4 Å². The Kier molecular flexibility index (Phi) is 4.81. The molecule has 0 aliphatic carbocycles. The van der Waals surface area contributed by atoms with E-state index < -0.39 is 0 Å². The summed E-state index contributed by atoms with van der Waals surface area (Å²) < 4.78 is 5.13. The first-order valence-corrected chi connectivity index (χ1v) is 8.55. The van der Waals surface area contributed by atoms with Crippen LogP contribution >= 0.6 is 11.8 Å². The lowest BCUT2D eigenvalue weighted by Gasteiger charge is -2.12. The number of methoxy groups -OCH3 is 1. The van der Waals surface area contributed by atoms with Crippen LogP contribution in [0.3, 0.4) is 0 Å². The van der Waals surface area contributed by atoms with E-state index in [1.165, 1.54) is 11.8 Å². The summed E-state index contributed by atoms with van der Waals surface area (Å²) >= 11 is 1.47. The molecule has 122 valence electrons. The summed E-state index contributed by atoms with van der Waals surface area (Å²) in [6.07, 6.45) is 0. The van der Waals surface area contributed by atoms with Crippen LogP contribution in [0.15, 0.2) is 53.6 Å². The molecule has 0 aliphatic rings. The number of ketones is 1. The lowest BCUT2D eigenvalue weighted by Crippen LogP contribution is -2.14. The number of thioether (sulfide) groups is 1. The van der Waals surface area contributed by atoms with E-state index in [4.69, 9.17) is 4.74 Å². The number of carbonyl (C=O) groups is 1. The zero-order chi connectivity index (χ0) is 17.1. The second-order valence-electron chi connectivity index (χ2n) is 5.45. The van der Waals surface area contributed by atoms with Crippen LogP contribution in [0.2, 0.25) is 0 Å². The Labute approximate surface area is 145 Å². The molecule has 0 saturated heterocycles. The molecule has 0 saturated carbocycles. The lowest BCUT2D eigenvalue weighted by atomic mass is 10.1. The number of benzene rings is 2. The fourth-order valence-electron chi connectivity index (χ4n) is 2.46. The summed E-state index contributed by atoms with van der Waals surface area (Å²) in [6, 6.07) is 15.1. The highest BCUT2D eigenvalue weighted by Gasteiger charge is 2.19. The molecular formula is C19H18N2O2S. The van der Waals surface area contributed by atoms with Gasteiger partial charge >= 0.3 is 0 Å². The molecule has 0 amide bonds. The maximum Gasteiger partial charge on any atom is 0.175 e. The van der Waals surface area contributed by atoms with Crippen LogP contribution in [-0.2, 0) is 0 Å². The van der Waals surface area contributed by atoms with Gasteiger partial charge in [0.05, 0.1) is 17.9 Å². The molecule has 0 radical (unpaired) electrons. The van der Waals surface area contributed by atoms with Crippen LogP contribution in [0.4, 0.5) is 0 Å². The van der Waals surface area contributed by atoms with Gasteiger partial charge in [0.2, 0.25) is 0 Å². The maximum absolute atomic E-state index is 12.7. The predicted molar refractivity (Wildman–Crippen MR) is 96.9 cm³/mol. The Morgan fingerprint density at radius 3 is 2.50 bits per heavy atom. The van der Waals surface area contributed by atoms with Gasteiger partial charge < -0.3 is 4.74 Å². The number of rotatable bonds is 5. The van der Waals surface area contributed by atoms with Gasteiger partial charge in [-0.3, -0.25) is 4.79 Å². The molecule has 1 heterocycles. The van der Waals surface area contributed by atoms with Crippen molar-refractivity contribution in [2.24, 2.45) is 0 Å². The molecule has 0 unspecified atom stereocenters. The Morgan fingerprint density at radius 1 is 1.08 bits per heavy atom. The summed E-state index contributed by atoms with van der Waals surface area (Å²) in [5, 5.41) is 1.58. The summed E-state index contributed by atoms with van der Waals surface area (Å²) in [6.45, 7) is 3.77. The summed E-state index contributed by atoms with van der Waals surface area (Å²) in [5.41, 5.74) is 1.57. The van der Waals surface area contributed by atoms with Gasteiger partial charge in [0.25, 0.3) is 0 Å². The second-order valence-corrected chi connectivity index (χ2v) is 6.78. The fraction of sp³-hybridized carbons (Fsp3) is 0.211. The third-order valence-corrected chi connectivity index (χ3v) is 4.81. The number of hydrogen-bond acceptors (Lipinski definition) is 5. The predicted octanol–water partition coefficient (Wildman–Crippen LogP) is 4.31. The number of aryl methyl sites for hydroxylation is 1. The molecular weight excluding hydrogens is 320 g/mol. The van der Waals surface area contributed by atoms with Crippen LogP contribution in [0.1, 0.15) is 23.1 Å². The zero-order valence-electron chi connectivity index (χ0n) is 13.8. The quantitative estimate of drug-likeness (QED) is 0.394. The number of ether oxygens (including phenoxy) is 1. The molecule has 1 atom stereocenters. The third-order valence-electron chi connectivity index (χ3n) is 3.71. The number of aromatic nitrogens is 2. The van der Waals surface area contributed by atoms with Crippen molar-refractivity contribution in [3.63, 3.8) is 0 Å². The number of para-hydroxylation sites is 1. The Balaban J connectivity index is 1.86. The Hall–Kier alpha value is -2.40. The van der Waals surface area contributed by atoms with Crippen molar-refractivity contribution in [2.75, 3.05) is 7.11 Å². The summed E-state index contributed by atoms with van der Waals surface area (Å²) in [4.78, 5) is 21.6. The van der Waals surface area contributed by atoms with Gasteiger partial charge in [0.1, 0.15) is 16.6 Å². The normalized spacial score (nSPS) is 12.1. The number of fused-ring (bicyclic) bond motifs is 1. The first-order valence-electron chi connectivity index (χ1n) is 7.67. The van der Waals surface area contributed by atoms with Crippen LogP contribution < -0.4 is 4.74 Å². The number of carbonyl (C=O) groups excluding carboxylic acids is 1. The van der Waals surface area contributed by atoms with E-state index >= 15 is 0 Å². The minimum absolute atomic E-state index is 0.0722. The Morgan fingerprint density at radius 2 is 1.79 bits per heavy atom. The molecule has 0 spiro atoms. The molecule has 0 bridgehead atoms. The first kappa shape index (κ1) is 16.5. The average Bonchev–Trinajstić information content (AvgIpc) is 2.61. The summed E-state index contributed by atoms with van der Waals surface area (Å²) in [7, 11) is 1.61. The van der Waals surface area contributed by atoms with E-state index in [1.54, 1.807) is 31.4 Å². The van der Waals surface area contributed by atoms with Gasteiger partial charge in [-0.25, -0.2) is 9.97 Å². The van der Waals surface area contributed by atoms with E-state index in [-0.39, 0.29) is 11.0 Å². The van der Waals surface area contributed by atoms with Gasteiger partial charge in [0.15, 0.2) is 5.78 Å². The molecule has 2 aromatic carbocycles. The van der Waals surface area contributed by atoms with Crippen LogP contribution in [0.5, 0.6) is 5.75 Å². The topological polar surface area (TPSA) is 52.1 Å². The van der Waals surface area contributed by atoms with Gasteiger partial charge in [0, 0.05) is 10.9 Å². The standard InChI is InChI=1S/C19H18N2O2S/c1-12(18(22)14-8-10-15(23-3)11-9-14)24-19-16-6-4-5-7-17(16)20-13(2)21-19/h4-12H,1-3H3/t12-/m1/s1. The van der Waals surface area contributed by atoms with Gasteiger partial charge in [-0.05, 0) is 44.2 Å². The molecule has 0 N–H and O–H groups in total. The summed E-state index contributed by atoms with van der Waals surface area (Å²) in [5.74, 6) is 1.52. The average molecular weight is 338 g/mol. The van der Waals surface area contributed by atoms with E-state index in [9.17, 15) is 4.79 Å². The fourth-order valence-corrected chi connectivity index (χ4v) is 3.52. The van der Waals surface area contributed by atoms with Crippen molar-refractivity contribution in [1.82, 2.24) is 9.97 Å². The van der Waals surface area contributed by atoms with Crippen molar-refractivity contribution in [1.29, 1.82) is 0 Å². The van der Waals surface area contributed by atoms with Crippen molar-refractivity contribution in [3.05, 3.63) is 59.9 Å². The zero-order valence-corrected chi connectivity index (χ0v) is 14.6. The maximum atomic E-state index is 12.7. The minimum Gasteiger partial charge on any atom is -0.497 e. The smallest absolute Gasteiger partial charge is 0.175 e. The molecule has 0 aliphatic heterocycles. The van der Waals surface area contributed by atoms with Crippen molar-refractivity contribution in [2.45, 2.75) is 24.1 Å². The van der Waals surface area contributed by atoms with Crippen molar-refractivity contribution in [3.8, 4) is 5.75 Å².